The molecule has 0 spiro atoms. The predicted octanol–water partition coefficient (Wildman–Crippen LogP) is 6.18. The van der Waals surface area contributed by atoms with Gasteiger partial charge in [-0.15, -0.1) is 0 Å². The number of carbonyl (C=O) groups excluding carboxylic acids is 2. The van der Waals surface area contributed by atoms with E-state index in [1.54, 1.807) is 13.8 Å². The molecule has 2 unspecified atom stereocenters. The maximum atomic E-state index is 13.5. The summed E-state index contributed by atoms with van der Waals surface area (Å²) in [6, 6.07) is 16.0. The van der Waals surface area contributed by atoms with Crippen molar-refractivity contribution in [3.05, 3.63) is 132 Å². The van der Waals surface area contributed by atoms with Crippen LogP contribution in [0, 0.1) is 0 Å². The van der Waals surface area contributed by atoms with Crippen LogP contribution in [-0.4, -0.2) is 116 Å². The molecule has 1 aliphatic rings. The highest BCUT2D eigenvalue weighted by Gasteiger charge is 2.36. The number of fused-ring (bicyclic) bond motifs is 2. The molecule has 2 atom stereocenters. The Morgan fingerprint density at radius 3 is 1.65 bits per heavy atom. The number of imidazole rings is 2. The van der Waals surface area contributed by atoms with Gasteiger partial charge in [0.25, 0.3) is 11.8 Å². The number of aliphatic hydroxyl groups is 2. The third-order valence-corrected chi connectivity index (χ3v) is 10.0. The molecule has 0 saturated carbocycles. The van der Waals surface area contributed by atoms with Gasteiger partial charge < -0.3 is 39.8 Å². The van der Waals surface area contributed by atoms with Crippen LogP contribution in [0.2, 0.25) is 0 Å². The van der Waals surface area contributed by atoms with E-state index in [0.717, 1.165) is 12.1 Å². The lowest BCUT2D eigenvalue weighted by atomic mass is 10.0. The van der Waals surface area contributed by atoms with Crippen molar-refractivity contribution >= 4 is 34.7 Å². The number of hydrogen-bond donors (Lipinski definition) is 4. The number of alkyl halides is 6. The van der Waals surface area contributed by atoms with E-state index in [4.69, 9.17) is 24.1 Å². The molecule has 2 aromatic carbocycles. The lowest BCUT2D eigenvalue weighted by Gasteiger charge is -2.17. The summed E-state index contributed by atoms with van der Waals surface area (Å²) in [5.74, 6) is -1.74. The topological polar surface area (TPSA) is 248 Å². The van der Waals surface area contributed by atoms with E-state index in [0.29, 0.717) is 17.9 Å². The average Bonchev–Trinajstić information content (AvgIpc) is 4.07. The first-order chi connectivity index (χ1) is 33.8. The van der Waals surface area contributed by atoms with Crippen molar-refractivity contribution in [2.45, 2.75) is 44.2 Å². The minimum atomic E-state index is -4.57. The monoisotopic (exact) mass is 988 g/mol. The molecule has 9 rings (SSSR count). The lowest BCUT2D eigenvalue weighted by Crippen LogP contribution is -2.25. The highest BCUT2D eigenvalue weighted by molar-refractivity contribution is 6.03. The number of aromatic nitrogens is 10. The first-order valence-corrected chi connectivity index (χ1v) is 21.0. The number of aliphatic hydroxyl groups excluding tert-OH is 2. The van der Waals surface area contributed by atoms with E-state index >= 15 is 0 Å². The van der Waals surface area contributed by atoms with E-state index in [1.165, 1.54) is 107 Å². The van der Waals surface area contributed by atoms with Gasteiger partial charge in [0, 0.05) is 11.1 Å². The molecule has 1 aliphatic heterocycles. The molecule has 6 aromatic heterocycles. The van der Waals surface area contributed by atoms with Crippen LogP contribution in [0.3, 0.4) is 0 Å². The Morgan fingerprint density at radius 1 is 0.718 bits per heavy atom. The summed E-state index contributed by atoms with van der Waals surface area (Å²) in [6.45, 7) is 3.34. The maximum Gasteiger partial charge on any atom is 0.417 e. The standard InChI is InChI=1S/C24H21F3N6O4.C21H17F3N6O4/c1-23(2)36-13-14(37-23)12-35-21-11-28-9-18(30-21)22(34)31-20-10-29-19-8-7-17(32-33(19)20)15-5-3-4-6-16(15)24(25,26)27;22-21(23,24)14-4-2-1-3-13(14)15-5-6-17-26-8-18(30(17)29-15)28-20(33)16-7-25-9-19(27-16)34-11-12(32)10-31/h3-11,14H,12-13H2,1-2H3,(H,31,34);1-9,12,31-32H,10-11H2,(H,28,33). The van der Waals surface area contributed by atoms with Gasteiger partial charge in [-0.3, -0.25) is 19.6 Å². The number of anilines is 2. The Hall–Kier alpha value is -8.20. The third-order valence-electron chi connectivity index (χ3n) is 10.0. The summed E-state index contributed by atoms with van der Waals surface area (Å²) in [7, 11) is 0. The Labute approximate surface area is 396 Å². The second kappa shape index (κ2) is 20.4. The van der Waals surface area contributed by atoms with Gasteiger partial charge in [0.2, 0.25) is 11.8 Å². The molecule has 0 aliphatic carbocycles. The van der Waals surface area contributed by atoms with Gasteiger partial charge in [-0.1, -0.05) is 36.4 Å². The molecule has 7 heterocycles. The van der Waals surface area contributed by atoms with Crippen LogP contribution in [-0.2, 0) is 21.8 Å². The molecule has 8 aromatic rings. The van der Waals surface area contributed by atoms with Crippen molar-refractivity contribution < 1.29 is 65.1 Å². The van der Waals surface area contributed by atoms with Gasteiger partial charge in [0.1, 0.15) is 25.4 Å². The highest BCUT2D eigenvalue weighted by Crippen LogP contribution is 2.38. The van der Waals surface area contributed by atoms with Gasteiger partial charge >= 0.3 is 12.4 Å². The molecular weight excluding hydrogens is 951 g/mol. The minimum absolute atomic E-state index is 0.0338. The number of carbonyl (C=O) groups is 2. The first kappa shape index (κ1) is 49.2. The summed E-state index contributed by atoms with van der Waals surface area (Å²) in [5, 5.41) is 31.9. The summed E-state index contributed by atoms with van der Waals surface area (Å²) in [6.07, 6.45) is -2.91. The second-order valence-corrected chi connectivity index (χ2v) is 15.7. The van der Waals surface area contributed by atoms with Crippen molar-refractivity contribution in [3.63, 3.8) is 0 Å². The zero-order chi connectivity index (χ0) is 50.5. The average molecular weight is 989 g/mol. The minimum Gasteiger partial charge on any atom is -0.474 e. The quantitative estimate of drug-likeness (QED) is 0.0943. The van der Waals surface area contributed by atoms with Crippen molar-refractivity contribution in [2.75, 3.05) is 37.1 Å². The zero-order valence-electron chi connectivity index (χ0n) is 37.0. The van der Waals surface area contributed by atoms with Gasteiger partial charge in [0.05, 0.1) is 72.9 Å². The van der Waals surface area contributed by atoms with E-state index in [1.807, 2.05) is 0 Å². The molecule has 368 valence electrons. The summed E-state index contributed by atoms with van der Waals surface area (Å²) < 4.78 is 105. The smallest absolute Gasteiger partial charge is 0.417 e. The fraction of sp³-hybridized carbons (Fsp3) is 0.244. The Balaban J connectivity index is 0.000000191. The number of nitrogens with one attached hydrogen (secondary N) is 2. The third kappa shape index (κ3) is 11.8. The van der Waals surface area contributed by atoms with Crippen molar-refractivity contribution in [2.24, 2.45) is 0 Å². The summed E-state index contributed by atoms with van der Waals surface area (Å²) >= 11 is 0. The van der Waals surface area contributed by atoms with E-state index in [-0.39, 0.29) is 76.6 Å². The number of nitrogens with zero attached hydrogens (tertiary/aromatic N) is 10. The maximum absolute atomic E-state index is 13.5. The lowest BCUT2D eigenvalue weighted by molar-refractivity contribution is -0.141. The van der Waals surface area contributed by atoms with Crippen LogP contribution in [0.15, 0.2) is 110 Å². The van der Waals surface area contributed by atoms with Gasteiger partial charge in [-0.05, 0) is 50.2 Å². The van der Waals surface area contributed by atoms with Crippen molar-refractivity contribution in [1.82, 2.24) is 49.1 Å². The number of amides is 2. The van der Waals surface area contributed by atoms with Gasteiger partial charge in [-0.25, -0.2) is 19.9 Å². The number of halogens is 6. The second-order valence-electron chi connectivity index (χ2n) is 15.7. The largest absolute Gasteiger partial charge is 0.474 e. The highest BCUT2D eigenvalue weighted by atomic mass is 19.4. The fourth-order valence-electron chi connectivity index (χ4n) is 6.78. The predicted molar refractivity (Wildman–Crippen MR) is 236 cm³/mol. The van der Waals surface area contributed by atoms with Gasteiger partial charge in [0.15, 0.2) is 40.1 Å². The molecular formula is C45H38F6N12O8. The van der Waals surface area contributed by atoms with Crippen LogP contribution in [0.25, 0.3) is 33.8 Å². The van der Waals surface area contributed by atoms with Crippen LogP contribution in [0.5, 0.6) is 11.8 Å². The van der Waals surface area contributed by atoms with Crippen molar-refractivity contribution in [1.29, 1.82) is 0 Å². The molecule has 2 amide bonds. The summed E-state index contributed by atoms with van der Waals surface area (Å²) in [5.41, 5.74) is -1.35. The number of benzene rings is 2. The fourth-order valence-corrected chi connectivity index (χ4v) is 6.78. The van der Waals surface area contributed by atoms with Crippen LogP contribution < -0.4 is 20.1 Å². The van der Waals surface area contributed by atoms with Crippen molar-refractivity contribution in [3.8, 4) is 34.3 Å². The van der Waals surface area contributed by atoms with E-state index < -0.39 is 53.8 Å². The van der Waals surface area contributed by atoms with E-state index in [9.17, 15) is 41.0 Å². The molecule has 71 heavy (non-hydrogen) atoms. The summed E-state index contributed by atoms with van der Waals surface area (Å²) in [4.78, 5) is 49.8. The SMILES string of the molecule is CC1(C)OCC(COc2cncc(C(=O)Nc3cnc4ccc(-c5ccccc5C(F)(F)F)nn34)n2)O1.O=C(Nc1cnc2ccc(-c3ccccc3C(F)(F)F)nn12)c1cncc(OCC(O)CO)n1. The molecule has 0 bridgehead atoms. The van der Waals surface area contributed by atoms with Gasteiger partial charge in [-0.2, -0.15) is 45.6 Å². The van der Waals surface area contributed by atoms with E-state index in [2.05, 4.69) is 50.7 Å². The first-order valence-electron chi connectivity index (χ1n) is 21.0. The van der Waals surface area contributed by atoms with Crippen LogP contribution in [0.4, 0.5) is 38.0 Å². The number of rotatable bonds is 13. The van der Waals surface area contributed by atoms with Crippen LogP contribution >= 0.6 is 0 Å². The zero-order valence-corrected chi connectivity index (χ0v) is 37.0. The molecule has 0 radical (unpaired) electrons. The Bertz CT molecular complexity index is 3200. The normalized spacial score (nSPS) is 14.9. The van der Waals surface area contributed by atoms with Crippen LogP contribution in [0.1, 0.15) is 46.0 Å². The molecule has 4 N–H and O–H groups in total. The number of ether oxygens (including phenoxy) is 4. The Morgan fingerprint density at radius 2 is 1.20 bits per heavy atom. The molecule has 26 heteroatoms. The Kier molecular flexibility index (Phi) is 14.2. The molecule has 1 saturated heterocycles. The molecule has 1 fully saturated rings. The molecule has 20 nitrogen and oxygen atoms in total. The number of hydrogen-bond acceptors (Lipinski definition) is 16.